The second-order valence-corrected chi connectivity index (χ2v) is 6.41. The topological polar surface area (TPSA) is 94.2 Å². The van der Waals surface area contributed by atoms with Crippen molar-refractivity contribution < 1.29 is 4.79 Å². The summed E-state index contributed by atoms with van der Waals surface area (Å²) < 4.78 is 2.99. The van der Waals surface area contributed by atoms with Crippen molar-refractivity contribution in [2.24, 2.45) is 0 Å². The number of hydrogen-bond donors (Lipinski definition) is 1. The quantitative estimate of drug-likeness (QED) is 0.592. The first-order valence-electron chi connectivity index (χ1n) is 8.56. The van der Waals surface area contributed by atoms with Gasteiger partial charge in [-0.2, -0.15) is 0 Å². The highest BCUT2D eigenvalue weighted by Crippen LogP contribution is 2.12. The molecule has 8 heteroatoms. The average molecular weight is 362 g/mol. The molecule has 0 aliphatic carbocycles. The largest absolute Gasteiger partial charge is 0.350 e. The van der Waals surface area contributed by atoms with E-state index in [4.69, 9.17) is 0 Å². The van der Waals surface area contributed by atoms with E-state index < -0.39 is 0 Å². The zero-order valence-electron chi connectivity index (χ0n) is 15.0. The Morgan fingerprint density at radius 3 is 2.63 bits per heavy atom. The summed E-state index contributed by atoms with van der Waals surface area (Å²) >= 11 is 0. The number of amides is 1. The summed E-state index contributed by atoms with van der Waals surface area (Å²) in [5, 5.41) is 10.8. The number of benzene rings is 1. The minimum Gasteiger partial charge on any atom is -0.350 e. The molecule has 0 atom stereocenters. The number of carbonyl (C=O) groups excluding carboxylic acids is 1. The van der Waals surface area contributed by atoms with Crippen LogP contribution >= 0.6 is 0 Å². The Morgan fingerprint density at radius 2 is 1.85 bits per heavy atom. The van der Waals surface area contributed by atoms with Gasteiger partial charge in [-0.05, 0) is 31.5 Å². The number of fused-ring (bicyclic) bond motifs is 3. The van der Waals surface area contributed by atoms with Crippen molar-refractivity contribution in [3.8, 4) is 0 Å². The molecule has 0 saturated carbocycles. The summed E-state index contributed by atoms with van der Waals surface area (Å²) in [6.07, 6.45) is 1.63. The minimum atomic E-state index is -0.374. The first kappa shape index (κ1) is 16.9. The van der Waals surface area contributed by atoms with Gasteiger partial charge >= 0.3 is 0 Å². The van der Waals surface area contributed by atoms with E-state index in [0.29, 0.717) is 23.5 Å². The van der Waals surface area contributed by atoms with Crippen LogP contribution in [0.2, 0.25) is 0 Å². The van der Waals surface area contributed by atoms with Gasteiger partial charge in [0.05, 0.1) is 5.52 Å². The number of pyridine rings is 1. The number of hydrogen-bond acceptors (Lipinski definition) is 5. The molecule has 1 amide bonds. The highest BCUT2D eigenvalue weighted by atomic mass is 16.2. The van der Waals surface area contributed by atoms with E-state index >= 15 is 0 Å². The van der Waals surface area contributed by atoms with Crippen LogP contribution in [-0.4, -0.2) is 30.1 Å². The van der Waals surface area contributed by atoms with Gasteiger partial charge in [-0.3, -0.25) is 18.6 Å². The van der Waals surface area contributed by atoms with Crippen molar-refractivity contribution >= 4 is 22.7 Å². The van der Waals surface area contributed by atoms with Crippen LogP contribution in [0.1, 0.15) is 17.0 Å². The molecular formula is C19H18N6O2. The van der Waals surface area contributed by atoms with Crippen molar-refractivity contribution in [1.82, 2.24) is 29.5 Å². The minimum absolute atomic E-state index is 0.116. The molecule has 4 aromatic rings. The molecule has 0 unspecified atom stereocenters. The Bertz CT molecular complexity index is 1210. The second-order valence-electron chi connectivity index (χ2n) is 6.41. The van der Waals surface area contributed by atoms with Gasteiger partial charge in [-0.1, -0.05) is 29.8 Å². The van der Waals surface area contributed by atoms with Crippen LogP contribution in [0, 0.1) is 13.8 Å². The summed E-state index contributed by atoms with van der Waals surface area (Å²) in [6, 6.07) is 11.4. The summed E-state index contributed by atoms with van der Waals surface area (Å²) in [6.45, 7) is 4.05. The number of aryl methyl sites for hydroxylation is 2. The monoisotopic (exact) mass is 362 g/mol. The molecule has 0 aliphatic rings. The molecule has 136 valence electrons. The highest BCUT2D eigenvalue weighted by Gasteiger charge is 2.17. The highest BCUT2D eigenvalue weighted by molar-refractivity contribution is 5.80. The van der Waals surface area contributed by atoms with E-state index in [1.54, 1.807) is 29.7 Å². The number of carbonyl (C=O) groups is 1. The van der Waals surface area contributed by atoms with E-state index in [0.717, 1.165) is 11.1 Å². The summed E-state index contributed by atoms with van der Waals surface area (Å²) in [4.78, 5) is 29.6. The van der Waals surface area contributed by atoms with Crippen molar-refractivity contribution in [3.63, 3.8) is 0 Å². The molecule has 0 radical (unpaired) electrons. The molecule has 0 spiro atoms. The van der Waals surface area contributed by atoms with Crippen LogP contribution in [0.3, 0.4) is 0 Å². The van der Waals surface area contributed by atoms with Gasteiger partial charge in [0.2, 0.25) is 11.6 Å². The van der Waals surface area contributed by atoms with Crippen molar-refractivity contribution in [1.29, 1.82) is 0 Å². The third-order valence-electron chi connectivity index (χ3n) is 4.44. The lowest BCUT2D eigenvalue weighted by Crippen LogP contribution is -2.33. The summed E-state index contributed by atoms with van der Waals surface area (Å²) in [5.74, 6) is 0.310. The smallest absolute Gasteiger partial charge is 0.297 e. The first-order valence-corrected chi connectivity index (χ1v) is 8.56. The molecule has 3 heterocycles. The first-order chi connectivity index (χ1) is 13.0. The zero-order chi connectivity index (χ0) is 19.0. The van der Waals surface area contributed by atoms with Crippen LogP contribution in [0.5, 0.6) is 0 Å². The predicted octanol–water partition coefficient (Wildman–Crippen LogP) is 1.37. The van der Waals surface area contributed by atoms with Crippen molar-refractivity contribution in [2.75, 3.05) is 0 Å². The maximum absolute atomic E-state index is 12.8. The van der Waals surface area contributed by atoms with Crippen LogP contribution in [-0.2, 0) is 17.9 Å². The zero-order valence-corrected chi connectivity index (χ0v) is 15.0. The van der Waals surface area contributed by atoms with Crippen LogP contribution in [0.15, 0.2) is 47.4 Å². The Balaban J connectivity index is 1.66. The lowest BCUT2D eigenvalue weighted by Gasteiger charge is -2.11. The third kappa shape index (κ3) is 3.05. The van der Waals surface area contributed by atoms with Crippen LogP contribution < -0.4 is 10.9 Å². The van der Waals surface area contributed by atoms with E-state index in [9.17, 15) is 9.59 Å². The van der Waals surface area contributed by atoms with Gasteiger partial charge in [-0.25, -0.2) is 4.98 Å². The van der Waals surface area contributed by atoms with E-state index in [-0.39, 0.29) is 23.7 Å². The predicted molar refractivity (Wildman–Crippen MR) is 100 cm³/mol. The van der Waals surface area contributed by atoms with Gasteiger partial charge in [0, 0.05) is 12.7 Å². The molecule has 4 rings (SSSR count). The molecule has 0 fully saturated rings. The molecule has 0 aliphatic heterocycles. The van der Waals surface area contributed by atoms with E-state index in [2.05, 4.69) is 20.5 Å². The van der Waals surface area contributed by atoms with Gasteiger partial charge in [-0.15, -0.1) is 10.2 Å². The van der Waals surface area contributed by atoms with E-state index in [1.807, 2.05) is 31.2 Å². The molecule has 3 aromatic heterocycles. The molecule has 1 aromatic carbocycles. The Hall–Kier alpha value is -3.55. The number of nitrogens with zero attached hydrogens (tertiary/aromatic N) is 5. The van der Waals surface area contributed by atoms with Gasteiger partial charge in [0.15, 0.2) is 5.65 Å². The van der Waals surface area contributed by atoms with E-state index in [1.165, 1.54) is 4.57 Å². The van der Waals surface area contributed by atoms with Gasteiger partial charge < -0.3 is 5.32 Å². The molecule has 27 heavy (non-hydrogen) atoms. The maximum Gasteiger partial charge on any atom is 0.297 e. The average Bonchev–Trinajstić information content (AvgIpc) is 3.07. The van der Waals surface area contributed by atoms with Crippen LogP contribution in [0.25, 0.3) is 16.8 Å². The lowest BCUT2D eigenvalue weighted by atomic mass is 10.1. The van der Waals surface area contributed by atoms with Crippen LogP contribution in [0.4, 0.5) is 0 Å². The van der Waals surface area contributed by atoms with Gasteiger partial charge in [0.25, 0.3) is 5.56 Å². The SMILES string of the molecule is Cc1ccc(CNC(=O)Cn2c(=O)c3nnc(C)n3c3ncccc32)cc1. The summed E-state index contributed by atoms with van der Waals surface area (Å²) in [7, 11) is 0. The maximum atomic E-state index is 12.8. The molecular weight excluding hydrogens is 344 g/mol. The number of nitrogens with one attached hydrogen (secondary N) is 1. The Labute approximate surface area is 154 Å². The fraction of sp³-hybridized carbons (Fsp3) is 0.211. The fourth-order valence-electron chi connectivity index (χ4n) is 3.02. The third-order valence-corrected chi connectivity index (χ3v) is 4.44. The second kappa shape index (κ2) is 6.64. The molecule has 8 nitrogen and oxygen atoms in total. The molecule has 1 N–H and O–H groups in total. The van der Waals surface area contributed by atoms with Gasteiger partial charge in [0.1, 0.15) is 12.4 Å². The standard InChI is InChI=1S/C19H18N6O2/c1-12-5-7-14(8-6-12)10-21-16(26)11-24-15-4-3-9-20-17(15)25-13(2)22-23-18(25)19(24)27/h3-9H,10-11H2,1-2H3,(H,21,26). The Kier molecular flexibility index (Phi) is 4.15. The lowest BCUT2D eigenvalue weighted by molar-refractivity contribution is -0.121. The fourth-order valence-corrected chi connectivity index (χ4v) is 3.02. The molecule has 0 saturated heterocycles. The number of aromatic nitrogens is 5. The van der Waals surface area contributed by atoms with Crippen molar-refractivity contribution in [3.05, 3.63) is 69.9 Å². The Morgan fingerprint density at radius 1 is 1.07 bits per heavy atom. The normalized spacial score (nSPS) is 11.2. The summed E-state index contributed by atoms with van der Waals surface area (Å²) in [5.41, 5.74) is 3.04. The molecule has 0 bridgehead atoms. The number of rotatable bonds is 4. The van der Waals surface area contributed by atoms with Crippen molar-refractivity contribution in [2.45, 2.75) is 26.9 Å².